The predicted molar refractivity (Wildman–Crippen MR) is 58.2 cm³/mol. The molecular formula is C10H18ClNO3. The molecule has 0 radical (unpaired) electrons. The molecule has 0 N–H and O–H groups in total. The van der Waals surface area contributed by atoms with Crippen molar-refractivity contribution in [3.05, 3.63) is 0 Å². The Bertz CT molecular complexity index is 201. The third-order valence-corrected chi connectivity index (χ3v) is 2.57. The van der Waals surface area contributed by atoms with Gasteiger partial charge in [-0.3, -0.25) is 9.69 Å². The Morgan fingerprint density at radius 1 is 1.67 bits per heavy atom. The van der Waals surface area contributed by atoms with Crippen LogP contribution in [0.5, 0.6) is 0 Å². The largest absolute Gasteiger partial charge is 0.463 e. The summed E-state index contributed by atoms with van der Waals surface area (Å²) in [5.41, 5.74) is 0. The Kier molecular flexibility index (Phi) is 5.98. The van der Waals surface area contributed by atoms with Crippen LogP contribution in [0.2, 0.25) is 0 Å². The number of carbonyl (C=O) groups excluding carboxylic acids is 1. The van der Waals surface area contributed by atoms with Gasteiger partial charge in [-0.05, 0) is 13.0 Å². The normalized spacial score (nSPS) is 22.7. The second-order valence-corrected chi connectivity index (χ2v) is 4.02. The number of rotatable bonds is 5. The van der Waals surface area contributed by atoms with E-state index in [0.717, 1.165) is 26.1 Å². The van der Waals surface area contributed by atoms with Gasteiger partial charge in [0, 0.05) is 25.9 Å². The molecule has 1 heterocycles. The molecular weight excluding hydrogens is 218 g/mol. The SMILES string of the molecule is CC(=O)OC[C@@H]1CN(CCCCl)CCO1. The summed E-state index contributed by atoms with van der Waals surface area (Å²) < 4.78 is 10.4. The Balaban J connectivity index is 2.19. The van der Waals surface area contributed by atoms with E-state index in [4.69, 9.17) is 21.1 Å². The van der Waals surface area contributed by atoms with Gasteiger partial charge in [0.2, 0.25) is 0 Å². The smallest absolute Gasteiger partial charge is 0.302 e. The molecule has 0 unspecified atom stereocenters. The third kappa shape index (κ3) is 5.35. The number of hydrogen-bond donors (Lipinski definition) is 0. The maximum Gasteiger partial charge on any atom is 0.302 e. The summed E-state index contributed by atoms with van der Waals surface area (Å²) in [5.74, 6) is 0.433. The second-order valence-electron chi connectivity index (χ2n) is 3.64. The Morgan fingerprint density at radius 2 is 2.47 bits per heavy atom. The summed E-state index contributed by atoms with van der Waals surface area (Å²) in [5, 5.41) is 0. The van der Waals surface area contributed by atoms with E-state index in [-0.39, 0.29) is 12.1 Å². The van der Waals surface area contributed by atoms with E-state index in [9.17, 15) is 4.79 Å². The lowest BCUT2D eigenvalue weighted by Crippen LogP contribution is -2.45. The van der Waals surface area contributed by atoms with Gasteiger partial charge >= 0.3 is 5.97 Å². The van der Waals surface area contributed by atoms with Crippen LogP contribution in [0.3, 0.4) is 0 Å². The first-order valence-corrected chi connectivity index (χ1v) is 5.79. The summed E-state index contributed by atoms with van der Waals surface area (Å²) in [6.07, 6.45) is 1.000. The monoisotopic (exact) mass is 235 g/mol. The van der Waals surface area contributed by atoms with Gasteiger partial charge in [-0.1, -0.05) is 0 Å². The van der Waals surface area contributed by atoms with E-state index >= 15 is 0 Å². The molecule has 1 saturated heterocycles. The number of nitrogens with zero attached hydrogens (tertiary/aromatic N) is 1. The van der Waals surface area contributed by atoms with Crippen molar-refractivity contribution in [2.45, 2.75) is 19.4 Å². The van der Waals surface area contributed by atoms with Crippen LogP contribution in [0.1, 0.15) is 13.3 Å². The van der Waals surface area contributed by atoms with Crippen molar-refractivity contribution in [3.8, 4) is 0 Å². The fourth-order valence-corrected chi connectivity index (χ4v) is 1.70. The maximum absolute atomic E-state index is 10.6. The molecule has 5 heteroatoms. The van der Waals surface area contributed by atoms with Crippen molar-refractivity contribution >= 4 is 17.6 Å². The summed E-state index contributed by atoms with van der Waals surface area (Å²) in [4.78, 5) is 12.9. The summed E-state index contributed by atoms with van der Waals surface area (Å²) in [6.45, 7) is 5.22. The number of ether oxygens (including phenoxy) is 2. The lowest BCUT2D eigenvalue weighted by molar-refractivity contribution is -0.147. The number of alkyl halides is 1. The van der Waals surface area contributed by atoms with Crippen LogP contribution in [0, 0.1) is 0 Å². The molecule has 0 bridgehead atoms. The lowest BCUT2D eigenvalue weighted by atomic mass is 10.2. The van der Waals surface area contributed by atoms with Gasteiger partial charge in [-0.25, -0.2) is 0 Å². The van der Waals surface area contributed by atoms with Crippen molar-refractivity contribution in [2.75, 3.05) is 38.7 Å². The summed E-state index contributed by atoms with van der Waals surface area (Å²) in [7, 11) is 0. The minimum absolute atomic E-state index is 0.0120. The molecule has 0 aromatic heterocycles. The molecule has 1 aliphatic heterocycles. The first-order chi connectivity index (χ1) is 7.22. The van der Waals surface area contributed by atoms with Crippen LogP contribution < -0.4 is 0 Å². The van der Waals surface area contributed by atoms with Gasteiger partial charge < -0.3 is 9.47 Å². The Labute approximate surface area is 95.5 Å². The van der Waals surface area contributed by atoms with E-state index in [0.29, 0.717) is 19.1 Å². The third-order valence-electron chi connectivity index (χ3n) is 2.30. The van der Waals surface area contributed by atoms with Crippen LogP contribution in [0.4, 0.5) is 0 Å². The molecule has 0 amide bonds. The maximum atomic E-state index is 10.6. The molecule has 1 aliphatic rings. The highest BCUT2D eigenvalue weighted by molar-refractivity contribution is 6.17. The quantitative estimate of drug-likeness (QED) is 0.524. The number of morpholine rings is 1. The van der Waals surface area contributed by atoms with E-state index in [1.165, 1.54) is 6.92 Å². The highest BCUT2D eigenvalue weighted by atomic mass is 35.5. The van der Waals surface area contributed by atoms with Gasteiger partial charge in [-0.15, -0.1) is 11.6 Å². The van der Waals surface area contributed by atoms with Crippen molar-refractivity contribution in [2.24, 2.45) is 0 Å². The Morgan fingerprint density at radius 3 is 3.13 bits per heavy atom. The zero-order valence-electron chi connectivity index (χ0n) is 9.08. The second kappa shape index (κ2) is 7.04. The van der Waals surface area contributed by atoms with E-state index < -0.39 is 0 Å². The summed E-state index contributed by atoms with van der Waals surface area (Å²) >= 11 is 5.63. The molecule has 0 spiro atoms. The number of hydrogen-bond acceptors (Lipinski definition) is 4. The molecule has 88 valence electrons. The fourth-order valence-electron chi connectivity index (χ4n) is 1.58. The topological polar surface area (TPSA) is 38.8 Å². The van der Waals surface area contributed by atoms with Gasteiger partial charge in [0.25, 0.3) is 0 Å². The molecule has 4 nitrogen and oxygen atoms in total. The fraction of sp³-hybridized carbons (Fsp3) is 0.900. The van der Waals surface area contributed by atoms with Crippen molar-refractivity contribution in [1.29, 1.82) is 0 Å². The van der Waals surface area contributed by atoms with E-state index in [1.54, 1.807) is 0 Å². The number of carbonyl (C=O) groups is 1. The van der Waals surface area contributed by atoms with E-state index in [2.05, 4.69) is 4.90 Å². The van der Waals surface area contributed by atoms with Crippen LogP contribution in [0.25, 0.3) is 0 Å². The number of halogens is 1. The average molecular weight is 236 g/mol. The molecule has 0 aliphatic carbocycles. The van der Waals surface area contributed by atoms with Gasteiger partial charge in [0.15, 0.2) is 0 Å². The lowest BCUT2D eigenvalue weighted by Gasteiger charge is -2.32. The van der Waals surface area contributed by atoms with Crippen LogP contribution in [-0.4, -0.2) is 55.7 Å². The van der Waals surface area contributed by atoms with Gasteiger partial charge in [0.1, 0.15) is 12.7 Å². The first kappa shape index (κ1) is 12.7. The molecule has 1 atom stereocenters. The molecule has 0 aromatic rings. The van der Waals surface area contributed by atoms with Crippen LogP contribution in [0.15, 0.2) is 0 Å². The van der Waals surface area contributed by atoms with Crippen LogP contribution >= 0.6 is 11.6 Å². The van der Waals surface area contributed by atoms with Crippen molar-refractivity contribution < 1.29 is 14.3 Å². The number of esters is 1. The summed E-state index contributed by atoms with van der Waals surface area (Å²) in [6, 6.07) is 0. The standard InChI is InChI=1S/C10H18ClNO3/c1-9(13)15-8-10-7-12(4-2-3-11)5-6-14-10/h10H,2-8H2,1H3/t10-/m0/s1. The average Bonchev–Trinajstić information content (AvgIpc) is 2.24. The van der Waals surface area contributed by atoms with Crippen molar-refractivity contribution in [1.82, 2.24) is 4.90 Å². The first-order valence-electron chi connectivity index (χ1n) is 5.25. The zero-order chi connectivity index (χ0) is 11.1. The van der Waals surface area contributed by atoms with E-state index in [1.807, 2.05) is 0 Å². The minimum atomic E-state index is -0.253. The molecule has 0 saturated carbocycles. The minimum Gasteiger partial charge on any atom is -0.463 e. The van der Waals surface area contributed by atoms with Gasteiger partial charge in [-0.2, -0.15) is 0 Å². The highest BCUT2D eigenvalue weighted by Crippen LogP contribution is 2.06. The molecule has 15 heavy (non-hydrogen) atoms. The van der Waals surface area contributed by atoms with Crippen molar-refractivity contribution in [3.63, 3.8) is 0 Å². The van der Waals surface area contributed by atoms with Crippen LogP contribution in [-0.2, 0) is 14.3 Å². The van der Waals surface area contributed by atoms with Gasteiger partial charge in [0.05, 0.1) is 6.61 Å². The molecule has 1 fully saturated rings. The zero-order valence-corrected chi connectivity index (χ0v) is 9.83. The Hall–Kier alpha value is -0.320. The highest BCUT2D eigenvalue weighted by Gasteiger charge is 2.20. The molecule has 0 aromatic carbocycles. The predicted octanol–water partition coefficient (Wildman–Crippen LogP) is 0.879. The molecule has 1 rings (SSSR count).